The fourth-order valence-corrected chi connectivity index (χ4v) is 2.50. The molecule has 0 aliphatic rings. The number of rotatable bonds is 7. The maximum atomic E-state index is 5.73. The van der Waals surface area contributed by atoms with Crippen LogP contribution in [0.25, 0.3) is 11.4 Å². The zero-order chi connectivity index (χ0) is 17.5. The van der Waals surface area contributed by atoms with Crippen LogP contribution in [0.1, 0.15) is 25.3 Å². The molecule has 3 rings (SSSR count). The molecule has 0 saturated carbocycles. The molecule has 1 heterocycles. The molecule has 0 aliphatic carbocycles. The Morgan fingerprint density at radius 3 is 2.84 bits per heavy atom. The van der Waals surface area contributed by atoms with Crippen molar-refractivity contribution in [1.82, 2.24) is 14.9 Å². The SMILES string of the molecule is CCCCOc1cccc(/C=N\n2c(-c3ccccc3)n[nH]c2=S)c1. The molecular formula is C19H20N4OS. The molecule has 0 fully saturated rings. The predicted molar refractivity (Wildman–Crippen MR) is 103 cm³/mol. The second-order valence-electron chi connectivity index (χ2n) is 5.55. The zero-order valence-electron chi connectivity index (χ0n) is 14.1. The van der Waals surface area contributed by atoms with Gasteiger partial charge in [-0.05, 0) is 36.3 Å². The largest absolute Gasteiger partial charge is 0.494 e. The fourth-order valence-electron chi connectivity index (χ4n) is 2.32. The molecule has 0 radical (unpaired) electrons. The average molecular weight is 352 g/mol. The lowest BCUT2D eigenvalue weighted by Gasteiger charge is -2.05. The van der Waals surface area contributed by atoms with Crippen LogP contribution in [-0.2, 0) is 0 Å². The third kappa shape index (κ3) is 4.42. The summed E-state index contributed by atoms with van der Waals surface area (Å²) >= 11 is 5.29. The fraction of sp³-hybridized carbons (Fsp3) is 0.211. The van der Waals surface area contributed by atoms with Crippen LogP contribution in [0.4, 0.5) is 0 Å². The number of unbranched alkanes of at least 4 members (excludes halogenated alkanes) is 1. The second-order valence-corrected chi connectivity index (χ2v) is 5.94. The normalized spacial score (nSPS) is 11.1. The number of nitrogens with zero attached hydrogens (tertiary/aromatic N) is 3. The van der Waals surface area contributed by atoms with E-state index >= 15 is 0 Å². The van der Waals surface area contributed by atoms with Gasteiger partial charge in [0.2, 0.25) is 4.77 Å². The van der Waals surface area contributed by atoms with Crippen molar-refractivity contribution in [1.29, 1.82) is 0 Å². The van der Waals surface area contributed by atoms with Gasteiger partial charge in [0.1, 0.15) is 5.75 Å². The van der Waals surface area contributed by atoms with Gasteiger partial charge in [-0.25, -0.2) is 5.10 Å². The smallest absolute Gasteiger partial charge is 0.216 e. The molecule has 128 valence electrons. The second kappa shape index (κ2) is 8.39. The summed E-state index contributed by atoms with van der Waals surface area (Å²) in [7, 11) is 0. The molecule has 0 unspecified atom stereocenters. The van der Waals surface area contributed by atoms with Crippen LogP contribution in [0.2, 0.25) is 0 Å². The highest BCUT2D eigenvalue weighted by atomic mass is 32.1. The standard InChI is InChI=1S/C19H20N4OS/c1-2-3-12-24-17-11-7-8-15(13-17)14-20-23-18(21-22-19(23)25)16-9-5-4-6-10-16/h4-11,13-14H,2-3,12H2,1H3,(H,22,25)/b20-14-. The molecule has 0 atom stereocenters. The Morgan fingerprint density at radius 1 is 1.20 bits per heavy atom. The van der Waals surface area contributed by atoms with Crippen LogP contribution in [0.5, 0.6) is 5.75 Å². The van der Waals surface area contributed by atoms with E-state index in [2.05, 4.69) is 22.2 Å². The molecule has 5 nitrogen and oxygen atoms in total. The summed E-state index contributed by atoms with van der Waals surface area (Å²) in [6.07, 6.45) is 3.91. The Kier molecular flexibility index (Phi) is 5.74. The molecule has 6 heteroatoms. The van der Waals surface area contributed by atoms with E-state index < -0.39 is 0 Å². The summed E-state index contributed by atoms with van der Waals surface area (Å²) in [5, 5.41) is 11.6. The van der Waals surface area contributed by atoms with Crippen molar-refractivity contribution in [3.8, 4) is 17.1 Å². The predicted octanol–water partition coefficient (Wildman–Crippen LogP) is 4.67. The van der Waals surface area contributed by atoms with Gasteiger partial charge in [-0.15, -0.1) is 0 Å². The molecule has 0 aliphatic heterocycles. The summed E-state index contributed by atoms with van der Waals surface area (Å²) in [5.41, 5.74) is 1.89. The molecule has 25 heavy (non-hydrogen) atoms. The number of benzene rings is 2. The van der Waals surface area contributed by atoms with E-state index in [4.69, 9.17) is 17.0 Å². The van der Waals surface area contributed by atoms with Crippen molar-refractivity contribution < 1.29 is 4.74 Å². The third-order valence-electron chi connectivity index (χ3n) is 3.63. The molecule has 1 N–H and O–H groups in total. The van der Waals surface area contributed by atoms with Gasteiger partial charge in [-0.1, -0.05) is 55.8 Å². The molecule has 0 spiro atoms. The first kappa shape index (κ1) is 17.1. The van der Waals surface area contributed by atoms with E-state index in [0.717, 1.165) is 36.3 Å². The van der Waals surface area contributed by atoms with Gasteiger partial charge in [0.25, 0.3) is 0 Å². The van der Waals surface area contributed by atoms with Crippen LogP contribution in [-0.4, -0.2) is 27.7 Å². The van der Waals surface area contributed by atoms with E-state index in [9.17, 15) is 0 Å². The Bertz CT molecular complexity index is 899. The van der Waals surface area contributed by atoms with Gasteiger partial charge in [-0.3, -0.25) is 0 Å². The lowest BCUT2D eigenvalue weighted by Crippen LogP contribution is -1.98. The molecule has 0 amide bonds. The number of nitrogens with one attached hydrogen (secondary N) is 1. The van der Waals surface area contributed by atoms with E-state index in [0.29, 0.717) is 10.6 Å². The highest BCUT2D eigenvalue weighted by Gasteiger charge is 2.07. The first-order valence-electron chi connectivity index (χ1n) is 8.28. The van der Waals surface area contributed by atoms with Crippen molar-refractivity contribution in [3.05, 3.63) is 64.9 Å². The van der Waals surface area contributed by atoms with Crippen molar-refractivity contribution in [2.24, 2.45) is 5.10 Å². The van der Waals surface area contributed by atoms with Gasteiger partial charge in [0.15, 0.2) is 5.82 Å². The summed E-state index contributed by atoms with van der Waals surface area (Å²) in [6, 6.07) is 17.7. The summed E-state index contributed by atoms with van der Waals surface area (Å²) in [5.74, 6) is 1.52. The molecular weight excluding hydrogens is 332 g/mol. The Balaban J connectivity index is 1.82. The van der Waals surface area contributed by atoms with Crippen molar-refractivity contribution in [2.45, 2.75) is 19.8 Å². The van der Waals surface area contributed by atoms with Gasteiger partial charge < -0.3 is 4.74 Å². The minimum Gasteiger partial charge on any atom is -0.494 e. The number of H-pyrrole nitrogens is 1. The van der Waals surface area contributed by atoms with Crippen LogP contribution in [0.15, 0.2) is 59.7 Å². The number of aromatic nitrogens is 3. The minimum atomic E-state index is 0.449. The quantitative estimate of drug-likeness (QED) is 0.382. The molecule has 0 bridgehead atoms. The number of hydrogen-bond donors (Lipinski definition) is 1. The van der Waals surface area contributed by atoms with Gasteiger partial charge in [0, 0.05) is 5.56 Å². The molecule has 2 aromatic carbocycles. The van der Waals surface area contributed by atoms with E-state index in [1.165, 1.54) is 0 Å². The van der Waals surface area contributed by atoms with Crippen molar-refractivity contribution >= 4 is 18.4 Å². The number of ether oxygens (including phenoxy) is 1. The summed E-state index contributed by atoms with van der Waals surface area (Å²) in [4.78, 5) is 0. The van der Waals surface area contributed by atoms with Crippen LogP contribution in [0.3, 0.4) is 0 Å². The Hall–Kier alpha value is -2.73. The van der Waals surface area contributed by atoms with Gasteiger partial charge in [0.05, 0.1) is 12.8 Å². The van der Waals surface area contributed by atoms with Crippen molar-refractivity contribution in [2.75, 3.05) is 6.61 Å². The van der Waals surface area contributed by atoms with E-state index in [-0.39, 0.29) is 0 Å². The lowest BCUT2D eigenvalue weighted by atomic mass is 10.2. The third-order valence-corrected chi connectivity index (χ3v) is 3.89. The maximum absolute atomic E-state index is 5.73. The highest BCUT2D eigenvalue weighted by Crippen LogP contribution is 2.17. The summed E-state index contributed by atoms with van der Waals surface area (Å²) < 4.78 is 7.80. The Labute approximate surface area is 152 Å². The van der Waals surface area contributed by atoms with Crippen molar-refractivity contribution in [3.63, 3.8) is 0 Å². The first-order valence-corrected chi connectivity index (χ1v) is 8.69. The highest BCUT2D eigenvalue weighted by molar-refractivity contribution is 7.71. The number of hydrogen-bond acceptors (Lipinski definition) is 4. The first-order chi connectivity index (χ1) is 12.3. The monoisotopic (exact) mass is 352 g/mol. The van der Waals surface area contributed by atoms with Crippen LogP contribution < -0.4 is 4.74 Å². The van der Waals surface area contributed by atoms with Gasteiger partial charge in [-0.2, -0.15) is 14.9 Å². The van der Waals surface area contributed by atoms with E-state index in [1.807, 2.05) is 54.6 Å². The van der Waals surface area contributed by atoms with Crippen LogP contribution in [0, 0.1) is 4.77 Å². The molecule has 0 saturated heterocycles. The topological polar surface area (TPSA) is 55.2 Å². The van der Waals surface area contributed by atoms with Gasteiger partial charge >= 0.3 is 0 Å². The van der Waals surface area contributed by atoms with Crippen LogP contribution >= 0.6 is 12.2 Å². The average Bonchev–Trinajstić information content (AvgIpc) is 3.02. The maximum Gasteiger partial charge on any atom is 0.216 e. The zero-order valence-corrected chi connectivity index (χ0v) is 14.9. The molecule has 3 aromatic rings. The summed E-state index contributed by atoms with van der Waals surface area (Å²) in [6.45, 7) is 2.87. The molecule has 1 aromatic heterocycles. The minimum absolute atomic E-state index is 0.449. The van der Waals surface area contributed by atoms with E-state index in [1.54, 1.807) is 10.9 Å². The lowest BCUT2D eigenvalue weighted by molar-refractivity contribution is 0.309. The number of aromatic amines is 1. The Morgan fingerprint density at radius 2 is 2.04 bits per heavy atom.